The third-order valence-corrected chi connectivity index (χ3v) is 32.8. The van der Waals surface area contributed by atoms with E-state index in [0.717, 1.165) is 190 Å². The zero-order valence-corrected chi connectivity index (χ0v) is 81.0. The molecule has 0 aliphatic carbocycles. The molecule has 8 aromatic heterocycles. The maximum atomic E-state index is 6.43. The first kappa shape index (κ1) is 89.9. The summed E-state index contributed by atoms with van der Waals surface area (Å²) in [6.07, 6.45) is 44.2. The Morgan fingerprint density at radius 2 is 0.568 bits per heavy atom. The summed E-state index contributed by atoms with van der Waals surface area (Å²) in [4.78, 5) is 17.0. The van der Waals surface area contributed by atoms with Crippen LogP contribution >= 0.6 is 34.4 Å². The van der Waals surface area contributed by atoms with Gasteiger partial charge in [-0.1, -0.05) is 156 Å². The fraction of sp³-hybridized carbons (Fsp3) is 0.444. The normalized spacial score (nSPS) is 12.0. The van der Waals surface area contributed by atoms with E-state index in [1.165, 1.54) is 264 Å². The van der Waals surface area contributed by atoms with Crippen LogP contribution in [0.2, 0.25) is 0 Å². The van der Waals surface area contributed by atoms with Crippen LogP contribution in [0.25, 0.3) is 115 Å². The van der Waals surface area contributed by atoms with Gasteiger partial charge in [-0.05, 0) is 25.7 Å². The van der Waals surface area contributed by atoms with E-state index >= 15 is 0 Å². The van der Waals surface area contributed by atoms with Crippen LogP contribution in [0, 0.1) is 0 Å². The van der Waals surface area contributed by atoms with Gasteiger partial charge in [0.05, 0.1) is 0 Å². The Kier molecular flexibility index (Phi) is 32.7. The summed E-state index contributed by atoms with van der Waals surface area (Å²) in [5.41, 5.74) is 19.5. The Morgan fingerprint density at radius 3 is 0.880 bits per heavy atom. The van der Waals surface area contributed by atoms with Crippen molar-refractivity contribution in [2.45, 2.75) is 286 Å². The molecular weight excluding hydrogens is 1730 g/mol. The number of unbranched alkanes of at least 4 members (excludes halogenated alkanes) is 30. The van der Waals surface area contributed by atoms with E-state index in [1.54, 1.807) is 0 Å². The summed E-state index contributed by atoms with van der Waals surface area (Å²) >= 11 is 4.68. The van der Waals surface area contributed by atoms with Crippen LogP contribution in [0.5, 0.6) is 23.0 Å². The molecule has 8 aromatic carbocycles. The van der Waals surface area contributed by atoms with E-state index < -0.39 is 0 Å². The Hall–Kier alpha value is -8.50. The predicted octanol–water partition coefficient (Wildman–Crippen LogP) is 33.5. The van der Waals surface area contributed by atoms with Crippen LogP contribution in [0.1, 0.15) is 273 Å². The van der Waals surface area contributed by atoms with Gasteiger partial charge in [0, 0.05) is 0 Å². The number of aromatic nitrogens is 6. The predicted molar refractivity (Wildman–Crippen MR) is 541 cm³/mol. The number of thiophene rings is 2. The summed E-state index contributed by atoms with van der Waals surface area (Å²) in [5, 5.41) is 9.42. The quantitative estimate of drug-likeness (QED) is 0.0208. The van der Waals surface area contributed by atoms with E-state index in [1.807, 2.05) is 22.7 Å². The van der Waals surface area contributed by atoms with Crippen LogP contribution in [0.3, 0.4) is 0 Å². The number of aryl methyl sites for hydroxylation is 2. The Bertz CT molecular complexity index is 5600. The van der Waals surface area contributed by atoms with Gasteiger partial charge in [-0.15, -0.1) is 0 Å². The van der Waals surface area contributed by atoms with E-state index in [4.69, 9.17) is 37.7 Å². The average molecular weight is 1860 g/mol. The number of anilines is 6. The molecule has 0 spiro atoms. The maximum absolute atomic E-state index is 6.43. The van der Waals surface area contributed by atoms with E-state index in [2.05, 4.69) is 229 Å². The molecule has 656 valence electrons. The van der Waals surface area contributed by atoms with Gasteiger partial charge >= 0.3 is 591 Å². The third-order valence-electron chi connectivity index (χ3n) is 25.3. The second-order valence-electron chi connectivity index (χ2n) is 34.7. The molecule has 0 bridgehead atoms. The molecule has 17 heteroatoms. The molecule has 0 saturated carbocycles. The molecule has 0 aliphatic heterocycles. The summed E-state index contributed by atoms with van der Waals surface area (Å²) in [5.74, 6) is 3.64. The first-order chi connectivity index (χ1) is 61.8. The minimum absolute atomic E-state index is 0.140. The Balaban J connectivity index is 0.803. The van der Waals surface area contributed by atoms with Crippen LogP contribution in [-0.2, 0) is 13.1 Å². The van der Waals surface area contributed by atoms with E-state index in [-0.39, 0.29) is 29.0 Å². The van der Waals surface area contributed by atoms with Gasteiger partial charge in [0.25, 0.3) is 0 Å². The van der Waals surface area contributed by atoms with E-state index in [9.17, 15) is 0 Å². The first-order valence-electron chi connectivity index (χ1n) is 48.1. The third kappa shape index (κ3) is 21.4. The summed E-state index contributed by atoms with van der Waals surface area (Å²) in [6.45, 7) is 18.5. The Labute approximate surface area is 766 Å². The first-order valence-corrected chi connectivity index (χ1v) is 54.1. The SMILES string of the molecule is CCCCCCCCOc1ccc(N(c2ccc(OCCCCCCCC)cc2)c2ccc3c4[se]c(-c5c6nsnc6c(-c6cc7c([se]6)c6ccc(N(c8ccc(OCCCCCCCC)cc8)c8ccc(OCCCCCCCC)cc8)cc6n7CCCCCCCC)c6nc7c8ccsc8c8sccc8c7nc56)cc4n(CCCCCCCC)c3c2)cc1. The van der Waals surface area contributed by atoms with Crippen LogP contribution < -0.4 is 28.7 Å². The van der Waals surface area contributed by atoms with Crippen molar-refractivity contribution >= 4 is 192 Å². The van der Waals surface area contributed by atoms with Crippen molar-refractivity contribution in [2.24, 2.45) is 0 Å². The van der Waals surface area contributed by atoms with Crippen molar-refractivity contribution in [1.29, 1.82) is 0 Å². The molecular formula is C108H130N8O4S3Se2. The van der Waals surface area contributed by atoms with Crippen molar-refractivity contribution in [3.8, 4) is 43.0 Å². The van der Waals surface area contributed by atoms with Gasteiger partial charge in [-0.25, -0.2) is 0 Å². The molecule has 0 atom stereocenters. The van der Waals surface area contributed by atoms with Crippen molar-refractivity contribution in [3.05, 3.63) is 168 Å². The summed E-state index contributed by atoms with van der Waals surface area (Å²) in [6, 6.07) is 59.4. The van der Waals surface area contributed by atoms with Gasteiger partial charge in [0.2, 0.25) is 0 Å². The number of ether oxygens (including phenoxy) is 4. The van der Waals surface area contributed by atoms with Gasteiger partial charge in [0.1, 0.15) is 0 Å². The standard InChI is InChI=1S/C108H130N8O4S3Se2/c1-7-13-19-25-31-37-65-113-91-73-81(115(77-43-53-83(54-44-77)117-67-39-33-27-21-15-9-3)78-45-55-84(56-46-78)118-68-40-34-28-22-16-10-4)51-61-87(91)107-93(113)75-95(124-107)97-101-102(110-100-90-64-72-122-106(90)105-89(63-71-121-105)99(100)109-101)98(104-103(97)111-123-112-104)96-76-94-108(125-96)88-62-52-82(74-92(88)114(94)66-38-32-26-20-14-8-2)116(79-47-57-85(58-48-79)119-69-41-35-29-23-17-11-5)80-49-59-86(60-50-80)120-70-42-36-30-24-18-12-6/h43-64,71-76H,7-42,65-70H2,1-6H3. The second-order valence-corrected chi connectivity index (χ2v) is 41.4. The fourth-order valence-electron chi connectivity index (χ4n) is 18.4. The van der Waals surface area contributed by atoms with Crippen LogP contribution in [0.15, 0.2) is 168 Å². The molecule has 16 rings (SSSR count). The molecule has 16 aromatic rings. The van der Waals surface area contributed by atoms with Gasteiger partial charge in [-0.2, -0.15) is 0 Å². The molecule has 12 nitrogen and oxygen atoms in total. The van der Waals surface area contributed by atoms with Crippen molar-refractivity contribution < 1.29 is 18.9 Å². The summed E-state index contributed by atoms with van der Waals surface area (Å²) in [7, 11) is 0. The minimum atomic E-state index is -0.140. The summed E-state index contributed by atoms with van der Waals surface area (Å²) < 4.78 is 49.9. The molecule has 0 radical (unpaired) electrons. The monoisotopic (exact) mass is 1860 g/mol. The topological polar surface area (TPSA) is 105 Å². The molecule has 0 saturated heterocycles. The molecule has 0 aliphatic rings. The fourth-order valence-corrected chi connectivity index (χ4v) is 26.2. The van der Waals surface area contributed by atoms with Crippen molar-refractivity contribution in [1.82, 2.24) is 27.8 Å². The molecule has 0 N–H and O–H groups in total. The van der Waals surface area contributed by atoms with Crippen LogP contribution in [0.4, 0.5) is 34.1 Å². The Morgan fingerprint density at radius 1 is 0.280 bits per heavy atom. The van der Waals surface area contributed by atoms with Gasteiger partial charge in [0.15, 0.2) is 0 Å². The number of nitrogens with zero attached hydrogens (tertiary/aromatic N) is 8. The average Bonchev–Trinajstić information content (AvgIpc) is 1.57. The second kappa shape index (κ2) is 45.5. The van der Waals surface area contributed by atoms with E-state index in [0.29, 0.717) is 0 Å². The number of hydrogen-bond donors (Lipinski definition) is 0. The molecule has 0 unspecified atom stereocenters. The zero-order valence-electron chi connectivity index (χ0n) is 75.1. The van der Waals surface area contributed by atoms with Crippen LogP contribution in [-0.4, -0.2) is 83.3 Å². The number of benzene rings is 8. The van der Waals surface area contributed by atoms with Crippen molar-refractivity contribution in [2.75, 3.05) is 36.2 Å². The zero-order chi connectivity index (χ0) is 85.5. The van der Waals surface area contributed by atoms with Crippen molar-refractivity contribution in [3.63, 3.8) is 0 Å². The molecule has 8 heterocycles. The number of rotatable bonds is 54. The molecule has 0 fully saturated rings. The van der Waals surface area contributed by atoms with Gasteiger partial charge < -0.3 is 0 Å². The molecule has 125 heavy (non-hydrogen) atoms. The number of hydrogen-bond acceptors (Lipinski definition) is 13. The number of fused-ring (bicyclic) bond motifs is 14. The molecule has 0 amide bonds. The van der Waals surface area contributed by atoms with Gasteiger partial charge in [-0.3, -0.25) is 0 Å².